The molecule has 0 saturated heterocycles. The number of carbonyl (C=O) groups is 1. The van der Waals surface area contributed by atoms with Gasteiger partial charge in [0.1, 0.15) is 11.5 Å². The third-order valence-corrected chi connectivity index (χ3v) is 2.95. The summed E-state index contributed by atoms with van der Waals surface area (Å²) in [6, 6.07) is 17.3. The molecule has 0 amide bonds. The maximum Gasteiger partial charge on any atom is 0.307 e. The Morgan fingerprint density at radius 1 is 1.05 bits per heavy atom. The maximum atomic E-state index is 11.2. The lowest BCUT2D eigenvalue weighted by Gasteiger charge is -2.14. The van der Waals surface area contributed by atoms with Crippen molar-refractivity contribution in [2.24, 2.45) is 0 Å². The molecule has 4 heteroatoms. The Balaban J connectivity index is 1.91. The van der Waals surface area contributed by atoms with E-state index >= 15 is 0 Å². The molecule has 0 aliphatic rings. The molecule has 2 aromatic rings. The first-order valence-electron chi connectivity index (χ1n) is 6.83. The Hall–Kier alpha value is -2.49. The van der Waals surface area contributed by atoms with Crippen LogP contribution >= 0.6 is 0 Å². The maximum absolute atomic E-state index is 11.2. The predicted molar refractivity (Wildman–Crippen MR) is 82.7 cm³/mol. The molecular weight excluding hydrogens is 266 g/mol. The average Bonchev–Trinajstić information content (AvgIpc) is 2.50. The standard InChI is InChI=1S/C17H19NO3/c1-13(12-17(19)20-2)18-14-8-10-16(11-9-14)21-15-6-4-3-5-7-15/h3-11,13,18H,12H2,1-2H3. The number of nitrogens with one attached hydrogen (secondary N) is 1. The van der Waals surface area contributed by atoms with Crippen LogP contribution in [0.5, 0.6) is 11.5 Å². The van der Waals surface area contributed by atoms with E-state index in [1.54, 1.807) is 0 Å². The largest absolute Gasteiger partial charge is 0.469 e. The van der Waals surface area contributed by atoms with Gasteiger partial charge in [-0.25, -0.2) is 0 Å². The van der Waals surface area contributed by atoms with Crippen LogP contribution in [0.3, 0.4) is 0 Å². The van der Waals surface area contributed by atoms with Crippen LogP contribution in [-0.4, -0.2) is 19.1 Å². The molecule has 0 saturated carbocycles. The SMILES string of the molecule is COC(=O)CC(C)Nc1ccc(Oc2ccccc2)cc1. The Kier molecular flexibility index (Phi) is 5.21. The normalized spacial score (nSPS) is 11.5. The molecule has 0 aliphatic carbocycles. The van der Waals surface area contributed by atoms with E-state index < -0.39 is 0 Å². The predicted octanol–water partition coefficient (Wildman–Crippen LogP) is 3.84. The number of anilines is 1. The van der Waals surface area contributed by atoms with Crippen molar-refractivity contribution in [3.63, 3.8) is 0 Å². The molecule has 0 fully saturated rings. The Morgan fingerprint density at radius 2 is 1.67 bits per heavy atom. The van der Waals surface area contributed by atoms with Gasteiger partial charge in [-0.1, -0.05) is 18.2 Å². The topological polar surface area (TPSA) is 47.6 Å². The first kappa shape index (κ1) is 14.9. The third kappa shape index (κ3) is 4.84. The molecule has 2 aromatic carbocycles. The van der Waals surface area contributed by atoms with Gasteiger partial charge < -0.3 is 14.8 Å². The van der Waals surface area contributed by atoms with Gasteiger partial charge in [0.2, 0.25) is 0 Å². The van der Waals surface area contributed by atoms with Crippen LogP contribution in [0, 0.1) is 0 Å². The van der Waals surface area contributed by atoms with E-state index in [1.807, 2.05) is 61.5 Å². The smallest absolute Gasteiger partial charge is 0.307 e. The van der Waals surface area contributed by atoms with Crippen LogP contribution in [0.4, 0.5) is 5.69 Å². The van der Waals surface area contributed by atoms with Crippen LogP contribution in [0.25, 0.3) is 0 Å². The highest BCUT2D eigenvalue weighted by atomic mass is 16.5. The molecule has 1 atom stereocenters. The lowest BCUT2D eigenvalue weighted by Crippen LogP contribution is -2.20. The zero-order chi connectivity index (χ0) is 15.1. The molecule has 0 bridgehead atoms. The summed E-state index contributed by atoms with van der Waals surface area (Å²) in [4.78, 5) is 11.2. The van der Waals surface area contributed by atoms with Crippen molar-refractivity contribution in [1.82, 2.24) is 0 Å². The van der Waals surface area contributed by atoms with E-state index in [1.165, 1.54) is 7.11 Å². The monoisotopic (exact) mass is 285 g/mol. The minimum absolute atomic E-state index is 0.0124. The average molecular weight is 285 g/mol. The van der Waals surface area contributed by atoms with Gasteiger partial charge >= 0.3 is 5.97 Å². The molecule has 4 nitrogen and oxygen atoms in total. The highest BCUT2D eigenvalue weighted by Crippen LogP contribution is 2.23. The van der Waals surface area contributed by atoms with Gasteiger partial charge in [0, 0.05) is 11.7 Å². The molecule has 110 valence electrons. The Labute approximate surface area is 124 Å². The number of ether oxygens (including phenoxy) is 2. The van der Waals surface area contributed by atoms with Gasteiger partial charge in [0.25, 0.3) is 0 Å². The third-order valence-electron chi connectivity index (χ3n) is 2.95. The molecule has 0 aliphatic heterocycles. The van der Waals surface area contributed by atoms with E-state index in [2.05, 4.69) is 10.1 Å². The second-order valence-electron chi connectivity index (χ2n) is 4.77. The van der Waals surface area contributed by atoms with Crippen LogP contribution in [0.1, 0.15) is 13.3 Å². The van der Waals surface area contributed by atoms with Crippen molar-refractivity contribution in [1.29, 1.82) is 0 Å². The molecule has 2 rings (SSSR count). The Morgan fingerprint density at radius 3 is 2.29 bits per heavy atom. The molecule has 1 N–H and O–H groups in total. The van der Waals surface area contributed by atoms with Gasteiger partial charge in [0.15, 0.2) is 0 Å². The van der Waals surface area contributed by atoms with Crippen LogP contribution < -0.4 is 10.1 Å². The molecule has 0 aromatic heterocycles. The van der Waals surface area contributed by atoms with Crippen molar-refractivity contribution in [2.45, 2.75) is 19.4 Å². The number of para-hydroxylation sites is 1. The van der Waals surface area contributed by atoms with Gasteiger partial charge in [-0.05, 0) is 43.3 Å². The van der Waals surface area contributed by atoms with Crippen molar-refractivity contribution in [2.75, 3.05) is 12.4 Å². The summed E-state index contributed by atoms with van der Waals surface area (Å²) in [5.74, 6) is 1.35. The number of hydrogen-bond donors (Lipinski definition) is 1. The highest BCUT2D eigenvalue weighted by Gasteiger charge is 2.08. The van der Waals surface area contributed by atoms with Crippen molar-refractivity contribution < 1.29 is 14.3 Å². The number of methoxy groups -OCH3 is 1. The van der Waals surface area contributed by atoms with Crippen LogP contribution in [0.15, 0.2) is 54.6 Å². The number of rotatable bonds is 6. The van der Waals surface area contributed by atoms with Crippen molar-refractivity contribution in [3.8, 4) is 11.5 Å². The number of hydrogen-bond acceptors (Lipinski definition) is 4. The molecule has 0 radical (unpaired) electrons. The quantitative estimate of drug-likeness (QED) is 0.819. The minimum atomic E-state index is -0.223. The lowest BCUT2D eigenvalue weighted by molar-refractivity contribution is -0.140. The zero-order valence-corrected chi connectivity index (χ0v) is 12.2. The second kappa shape index (κ2) is 7.33. The summed E-state index contributed by atoms with van der Waals surface area (Å²) >= 11 is 0. The fourth-order valence-corrected chi connectivity index (χ4v) is 1.91. The minimum Gasteiger partial charge on any atom is -0.469 e. The summed E-state index contributed by atoms with van der Waals surface area (Å²) in [7, 11) is 1.39. The molecule has 21 heavy (non-hydrogen) atoms. The number of carbonyl (C=O) groups excluding carboxylic acids is 1. The summed E-state index contributed by atoms with van der Waals surface area (Å²) in [5.41, 5.74) is 0.937. The van der Waals surface area contributed by atoms with E-state index in [4.69, 9.17) is 4.74 Å². The summed E-state index contributed by atoms with van der Waals surface area (Å²) < 4.78 is 10.4. The van der Waals surface area contributed by atoms with Gasteiger partial charge in [-0.2, -0.15) is 0 Å². The van der Waals surface area contributed by atoms with Crippen molar-refractivity contribution >= 4 is 11.7 Å². The van der Waals surface area contributed by atoms with Gasteiger partial charge in [-0.3, -0.25) is 4.79 Å². The molecular formula is C17H19NO3. The van der Waals surface area contributed by atoms with Gasteiger partial charge in [-0.15, -0.1) is 0 Å². The summed E-state index contributed by atoms with van der Waals surface area (Å²) in [6.07, 6.45) is 0.332. The number of benzene rings is 2. The molecule has 1 unspecified atom stereocenters. The van der Waals surface area contributed by atoms with Gasteiger partial charge in [0.05, 0.1) is 13.5 Å². The van der Waals surface area contributed by atoms with E-state index in [-0.39, 0.29) is 12.0 Å². The second-order valence-corrected chi connectivity index (χ2v) is 4.77. The number of esters is 1. The van der Waals surface area contributed by atoms with E-state index in [9.17, 15) is 4.79 Å². The van der Waals surface area contributed by atoms with Crippen LogP contribution in [-0.2, 0) is 9.53 Å². The fraction of sp³-hybridized carbons (Fsp3) is 0.235. The van der Waals surface area contributed by atoms with E-state index in [0.717, 1.165) is 17.2 Å². The molecule has 0 spiro atoms. The highest BCUT2D eigenvalue weighted by molar-refractivity contribution is 5.70. The first-order chi connectivity index (χ1) is 10.2. The first-order valence-corrected chi connectivity index (χ1v) is 6.83. The summed E-state index contributed by atoms with van der Waals surface area (Å²) in [6.45, 7) is 1.94. The lowest BCUT2D eigenvalue weighted by atomic mass is 10.2. The van der Waals surface area contributed by atoms with Crippen LogP contribution in [0.2, 0.25) is 0 Å². The zero-order valence-electron chi connectivity index (χ0n) is 12.2. The summed E-state index contributed by atoms with van der Waals surface area (Å²) in [5, 5.41) is 3.24. The van der Waals surface area contributed by atoms with E-state index in [0.29, 0.717) is 6.42 Å². The fourth-order valence-electron chi connectivity index (χ4n) is 1.91. The van der Waals surface area contributed by atoms with Crippen molar-refractivity contribution in [3.05, 3.63) is 54.6 Å². The molecule has 0 heterocycles. The Bertz CT molecular complexity index is 566.